The Bertz CT molecular complexity index is 388. The first-order valence-corrected chi connectivity index (χ1v) is 6.14. The van der Waals surface area contributed by atoms with E-state index in [0.717, 1.165) is 5.69 Å². The molecule has 0 fully saturated rings. The predicted octanol–water partition coefficient (Wildman–Crippen LogP) is 1.62. The minimum atomic E-state index is -0.159. The average molecular weight is 248 g/mol. The second kappa shape index (κ2) is 7.61. The summed E-state index contributed by atoms with van der Waals surface area (Å²) < 4.78 is 0. The SMILES string of the molecule is CC(C)C(CCO)NC(=O)/C=C/c1ccccn1. The zero-order chi connectivity index (χ0) is 13.4. The molecule has 4 heteroatoms. The van der Waals surface area contributed by atoms with Crippen LogP contribution in [0.3, 0.4) is 0 Å². The maximum Gasteiger partial charge on any atom is 0.244 e. The second-order valence-electron chi connectivity index (χ2n) is 4.46. The smallest absolute Gasteiger partial charge is 0.244 e. The first kappa shape index (κ1) is 14.4. The van der Waals surface area contributed by atoms with E-state index < -0.39 is 0 Å². The number of aliphatic hydroxyl groups is 1. The first-order chi connectivity index (χ1) is 8.63. The van der Waals surface area contributed by atoms with Crippen molar-refractivity contribution in [1.29, 1.82) is 0 Å². The molecule has 0 saturated heterocycles. The van der Waals surface area contributed by atoms with Crippen molar-refractivity contribution in [3.8, 4) is 0 Å². The Labute approximate surface area is 108 Å². The van der Waals surface area contributed by atoms with Gasteiger partial charge in [-0.25, -0.2) is 0 Å². The molecule has 1 rings (SSSR count). The summed E-state index contributed by atoms with van der Waals surface area (Å²) in [7, 11) is 0. The summed E-state index contributed by atoms with van der Waals surface area (Å²) in [6, 6.07) is 5.52. The molecule has 0 spiro atoms. The molecule has 0 aliphatic rings. The van der Waals surface area contributed by atoms with Gasteiger partial charge in [-0.2, -0.15) is 0 Å². The fraction of sp³-hybridized carbons (Fsp3) is 0.429. The fourth-order valence-corrected chi connectivity index (χ4v) is 1.58. The molecule has 0 saturated carbocycles. The van der Waals surface area contributed by atoms with Crippen LogP contribution in [0.4, 0.5) is 0 Å². The van der Waals surface area contributed by atoms with Gasteiger partial charge in [0.2, 0.25) is 5.91 Å². The van der Waals surface area contributed by atoms with Crippen molar-refractivity contribution < 1.29 is 9.90 Å². The first-order valence-electron chi connectivity index (χ1n) is 6.14. The van der Waals surface area contributed by atoms with E-state index in [9.17, 15) is 4.79 Å². The van der Waals surface area contributed by atoms with Gasteiger partial charge in [-0.1, -0.05) is 19.9 Å². The molecule has 98 valence electrons. The Morgan fingerprint density at radius 2 is 2.28 bits per heavy atom. The van der Waals surface area contributed by atoms with Gasteiger partial charge in [-0.15, -0.1) is 0 Å². The number of hydrogen-bond acceptors (Lipinski definition) is 3. The van der Waals surface area contributed by atoms with Crippen LogP contribution >= 0.6 is 0 Å². The van der Waals surface area contributed by atoms with Crippen molar-refractivity contribution in [2.75, 3.05) is 6.61 Å². The zero-order valence-electron chi connectivity index (χ0n) is 10.8. The number of aliphatic hydroxyl groups excluding tert-OH is 1. The number of carbonyl (C=O) groups is 1. The van der Waals surface area contributed by atoms with Gasteiger partial charge in [0.05, 0.1) is 5.69 Å². The molecule has 0 bridgehead atoms. The van der Waals surface area contributed by atoms with Gasteiger partial charge < -0.3 is 10.4 Å². The van der Waals surface area contributed by atoms with E-state index in [2.05, 4.69) is 10.3 Å². The Kier molecular flexibility index (Phi) is 6.08. The summed E-state index contributed by atoms with van der Waals surface area (Å²) in [6.07, 6.45) is 5.39. The molecule has 0 aromatic carbocycles. The van der Waals surface area contributed by atoms with Gasteiger partial charge >= 0.3 is 0 Å². The lowest BCUT2D eigenvalue weighted by atomic mass is 10.0. The lowest BCUT2D eigenvalue weighted by Crippen LogP contribution is -2.38. The standard InChI is InChI=1S/C14H20N2O2/c1-11(2)13(8-10-17)16-14(18)7-6-12-5-3-4-9-15-12/h3-7,9,11,13,17H,8,10H2,1-2H3,(H,16,18)/b7-6+. The summed E-state index contributed by atoms with van der Waals surface area (Å²) in [5.74, 6) is 0.136. The van der Waals surface area contributed by atoms with E-state index in [4.69, 9.17) is 5.11 Å². The van der Waals surface area contributed by atoms with Crippen LogP contribution in [0.2, 0.25) is 0 Å². The Hall–Kier alpha value is -1.68. The molecule has 1 aromatic rings. The molecule has 0 radical (unpaired) electrons. The molecule has 0 aliphatic carbocycles. The number of carbonyl (C=O) groups excluding carboxylic acids is 1. The molecule has 1 unspecified atom stereocenters. The summed E-state index contributed by atoms with van der Waals surface area (Å²) in [5, 5.41) is 11.8. The fourth-order valence-electron chi connectivity index (χ4n) is 1.58. The van der Waals surface area contributed by atoms with Crippen molar-refractivity contribution in [2.45, 2.75) is 26.3 Å². The third kappa shape index (κ3) is 5.10. The monoisotopic (exact) mass is 248 g/mol. The lowest BCUT2D eigenvalue weighted by molar-refractivity contribution is -0.117. The van der Waals surface area contributed by atoms with Crippen LogP contribution in [-0.2, 0) is 4.79 Å². The van der Waals surface area contributed by atoms with Crippen LogP contribution in [0.25, 0.3) is 6.08 Å². The third-order valence-electron chi connectivity index (χ3n) is 2.67. The number of aromatic nitrogens is 1. The summed E-state index contributed by atoms with van der Waals surface area (Å²) >= 11 is 0. The van der Waals surface area contributed by atoms with E-state index in [0.29, 0.717) is 12.3 Å². The number of hydrogen-bond donors (Lipinski definition) is 2. The van der Waals surface area contributed by atoms with E-state index in [-0.39, 0.29) is 18.6 Å². The number of pyridine rings is 1. The van der Waals surface area contributed by atoms with Crippen LogP contribution < -0.4 is 5.32 Å². The Morgan fingerprint density at radius 3 is 2.83 bits per heavy atom. The van der Waals surface area contributed by atoms with Gasteiger partial charge in [-0.05, 0) is 30.5 Å². The number of nitrogens with zero attached hydrogens (tertiary/aromatic N) is 1. The van der Waals surface area contributed by atoms with Crippen LogP contribution in [0.5, 0.6) is 0 Å². The molecule has 2 N–H and O–H groups in total. The van der Waals surface area contributed by atoms with Crippen LogP contribution in [0.1, 0.15) is 26.0 Å². The van der Waals surface area contributed by atoms with Gasteiger partial charge in [-0.3, -0.25) is 9.78 Å². The molecule has 0 aliphatic heterocycles. The van der Waals surface area contributed by atoms with E-state index in [1.54, 1.807) is 12.3 Å². The summed E-state index contributed by atoms with van der Waals surface area (Å²) in [6.45, 7) is 4.11. The highest BCUT2D eigenvalue weighted by Gasteiger charge is 2.13. The van der Waals surface area contributed by atoms with E-state index >= 15 is 0 Å². The van der Waals surface area contributed by atoms with Crippen LogP contribution in [-0.4, -0.2) is 28.6 Å². The van der Waals surface area contributed by atoms with Gasteiger partial charge in [0, 0.05) is 24.9 Å². The van der Waals surface area contributed by atoms with E-state index in [1.165, 1.54) is 6.08 Å². The quantitative estimate of drug-likeness (QED) is 0.752. The minimum absolute atomic E-state index is 0.00381. The van der Waals surface area contributed by atoms with Crippen molar-refractivity contribution >= 4 is 12.0 Å². The Balaban J connectivity index is 2.52. The zero-order valence-corrected chi connectivity index (χ0v) is 10.8. The summed E-state index contributed by atoms with van der Waals surface area (Å²) in [4.78, 5) is 15.8. The van der Waals surface area contributed by atoms with Gasteiger partial charge in [0.1, 0.15) is 0 Å². The average Bonchev–Trinajstić information content (AvgIpc) is 2.37. The number of nitrogens with one attached hydrogen (secondary N) is 1. The van der Waals surface area contributed by atoms with Crippen molar-refractivity contribution in [2.24, 2.45) is 5.92 Å². The van der Waals surface area contributed by atoms with Gasteiger partial charge in [0.25, 0.3) is 0 Å². The maximum absolute atomic E-state index is 11.7. The summed E-state index contributed by atoms with van der Waals surface area (Å²) in [5.41, 5.74) is 0.746. The van der Waals surface area contributed by atoms with Crippen LogP contribution in [0.15, 0.2) is 30.5 Å². The van der Waals surface area contributed by atoms with Gasteiger partial charge in [0.15, 0.2) is 0 Å². The van der Waals surface area contributed by atoms with Crippen molar-refractivity contribution in [3.05, 3.63) is 36.2 Å². The normalized spacial score (nSPS) is 12.9. The molecule has 1 heterocycles. The van der Waals surface area contributed by atoms with Crippen LogP contribution in [0, 0.1) is 5.92 Å². The molecule has 1 aromatic heterocycles. The van der Waals surface area contributed by atoms with Crippen molar-refractivity contribution in [1.82, 2.24) is 10.3 Å². The second-order valence-corrected chi connectivity index (χ2v) is 4.46. The topological polar surface area (TPSA) is 62.2 Å². The minimum Gasteiger partial charge on any atom is -0.396 e. The highest BCUT2D eigenvalue weighted by Crippen LogP contribution is 2.05. The Morgan fingerprint density at radius 1 is 1.50 bits per heavy atom. The maximum atomic E-state index is 11.7. The molecular formula is C14H20N2O2. The molecule has 1 atom stereocenters. The highest BCUT2D eigenvalue weighted by atomic mass is 16.3. The third-order valence-corrected chi connectivity index (χ3v) is 2.67. The largest absolute Gasteiger partial charge is 0.396 e. The molecular weight excluding hydrogens is 228 g/mol. The number of amides is 1. The van der Waals surface area contributed by atoms with E-state index in [1.807, 2.05) is 32.0 Å². The van der Waals surface area contributed by atoms with Crippen molar-refractivity contribution in [3.63, 3.8) is 0 Å². The highest BCUT2D eigenvalue weighted by molar-refractivity contribution is 5.91. The molecule has 18 heavy (non-hydrogen) atoms. The predicted molar refractivity (Wildman–Crippen MR) is 71.7 cm³/mol. The molecule has 4 nitrogen and oxygen atoms in total. The lowest BCUT2D eigenvalue weighted by Gasteiger charge is -2.20. The number of rotatable bonds is 6. The molecule has 1 amide bonds.